The number of rotatable bonds is 6. The molecule has 1 aliphatic heterocycles. The number of Topliss-reactive ketones (excluding diaryl/α,β-unsaturated/α-hetero) is 1. The molecule has 2 heterocycles. The van der Waals surface area contributed by atoms with Crippen LogP contribution in [0.2, 0.25) is 0 Å². The molecule has 0 radical (unpaired) electrons. The number of carbonyl (C=O) groups is 3. The number of carbonyl (C=O) groups excluding carboxylic acids is 3. The zero-order chi connectivity index (χ0) is 20.8. The van der Waals surface area contributed by atoms with Gasteiger partial charge in [0.1, 0.15) is 5.82 Å². The summed E-state index contributed by atoms with van der Waals surface area (Å²) in [5, 5.41) is 2.82. The van der Waals surface area contributed by atoms with Crippen LogP contribution in [0.3, 0.4) is 0 Å². The monoisotopic (exact) mass is 393 g/mol. The molecule has 1 saturated heterocycles. The molecular formula is C23H27N3O3. The molecule has 1 aromatic heterocycles. The second kappa shape index (κ2) is 9.45. The van der Waals surface area contributed by atoms with E-state index in [-0.39, 0.29) is 36.4 Å². The molecule has 1 aliphatic rings. The Labute approximate surface area is 171 Å². The first kappa shape index (κ1) is 20.7. The second-order valence-electron chi connectivity index (χ2n) is 7.58. The summed E-state index contributed by atoms with van der Waals surface area (Å²) in [7, 11) is 0. The zero-order valence-electron chi connectivity index (χ0n) is 17.0. The molecule has 1 fully saturated rings. The Morgan fingerprint density at radius 1 is 1.03 bits per heavy atom. The van der Waals surface area contributed by atoms with Crippen molar-refractivity contribution in [2.45, 2.75) is 39.5 Å². The van der Waals surface area contributed by atoms with Crippen molar-refractivity contribution in [3.63, 3.8) is 0 Å². The normalized spacial score (nSPS) is 14.5. The molecule has 0 spiro atoms. The lowest BCUT2D eigenvalue weighted by Gasteiger charge is -2.31. The maximum Gasteiger partial charge on any atom is 0.228 e. The number of ketones is 1. The summed E-state index contributed by atoms with van der Waals surface area (Å²) < 4.78 is 0. The number of aromatic nitrogens is 1. The van der Waals surface area contributed by atoms with Gasteiger partial charge in [0.15, 0.2) is 5.78 Å². The van der Waals surface area contributed by atoms with Crippen LogP contribution in [0.1, 0.15) is 47.2 Å². The highest BCUT2D eigenvalue weighted by Crippen LogP contribution is 2.20. The third-order valence-corrected chi connectivity index (χ3v) is 5.53. The smallest absolute Gasteiger partial charge is 0.228 e. The molecule has 6 nitrogen and oxygen atoms in total. The summed E-state index contributed by atoms with van der Waals surface area (Å²) in [6.07, 6.45) is 3.29. The Balaban J connectivity index is 1.44. The maximum absolute atomic E-state index is 12.5. The van der Waals surface area contributed by atoms with Crippen molar-refractivity contribution < 1.29 is 14.4 Å². The number of anilines is 1. The number of amides is 2. The highest BCUT2D eigenvalue weighted by atomic mass is 16.2. The SMILES string of the molecule is Cc1ccc(C(=O)CCC(=O)N2CCC(C(=O)Nc3ccccn3)CC2)cc1C. The predicted molar refractivity (Wildman–Crippen MR) is 112 cm³/mol. The highest BCUT2D eigenvalue weighted by Gasteiger charge is 2.27. The van der Waals surface area contributed by atoms with Crippen LogP contribution in [0.5, 0.6) is 0 Å². The summed E-state index contributed by atoms with van der Waals surface area (Å²) in [6, 6.07) is 11.0. The molecule has 0 aliphatic carbocycles. The second-order valence-corrected chi connectivity index (χ2v) is 7.58. The van der Waals surface area contributed by atoms with Crippen LogP contribution >= 0.6 is 0 Å². The van der Waals surface area contributed by atoms with Gasteiger partial charge in [0.2, 0.25) is 11.8 Å². The summed E-state index contributed by atoms with van der Waals surface area (Å²) >= 11 is 0. The average molecular weight is 393 g/mol. The summed E-state index contributed by atoms with van der Waals surface area (Å²) in [5.41, 5.74) is 2.88. The Morgan fingerprint density at radius 3 is 2.45 bits per heavy atom. The largest absolute Gasteiger partial charge is 0.343 e. The Bertz CT molecular complexity index is 887. The van der Waals surface area contributed by atoms with Gasteiger partial charge in [0, 0.05) is 43.6 Å². The maximum atomic E-state index is 12.5. The van der Waals surface area contributed by atoms with Crippen molar-refractivity contribution in [2.24, 2.45) is 5.92 Å². The van der Waals surface area contributed by atoms with Crippen molar-refractivity contribution >= 4 is 23.4 Å². The molecule has 2 amide bonds. The van der Waals surface area contributed by atoms with E-state index in [0.717, 1.165) is 11.1 Å². The molecule has 2 aromatic rings. The number of aryl methyl sites for hydroxylation is 2. The Hall–Kier alpha value is -3.02. The van der Waals surface area contributed by atoms with Crippen molar-refractivity contribution in [1.29, 1.82) is 0 Å². The lowest BCUT2D eigenvalue weighted by molar-refractivity contribution is -0.134. The first-order chi connectivity index (χ1) is 13.9. The number of benzene rings is 1. The number of hydrogen-bond acceptors (Lipinski definition) is 4. The van der Waals surface area contributed by atoms with Gasteiger partial charge in [-0.25, -0.2) is 4.98 Å². The van der Waals surface area contributed by atoms with Crippen LogP contribution in [0, 0.1) is 19.8 Å². The van der Waals surface area contributed by atoms with Crippen molar-refractivity contribution in [3.05, 3.63) is 59.3 Å². The standard InChI is InChI=1S/C23H27N3O3/c1-16-6-7-19(15-17(16)2)20(27)8-9-22(28)26-13-10-18(11-14-26)23(29)25-21-5-3-4-12-24-21/h3-7,12,15,18H,8-11,13-14H2,1-2H3,(H,24,25,29). The van der Waals surface area contributed by atoms with Gasteiger partial charge in [-0.15, -0.1) is 0 Å². The van der Waals surface area contributed by atoms with Crippen LogP contribution in [0.15, 0.2) is 42.6 Å². The molecule has 1 aromatic carbocycles. The van der Waals surface area contributed by atoms with E-state index in [1.54, 1.807) is 23.2 Å². The van der Waals surface area contributed by atoms with Crippen LogP contribution in [0.25, 0.3) is 0 Å². The molecule has 3 rings (SSSR count). The quantitative estimate of drug-likeness (QED) is 0.762. The molecular weight excluding hydrogens is 366 g/mol. The molecule has 0 saturated carbocycles. The van der Waals surface area contributed by atoms with E-state index in [0.29, 0.717) is 37.3 Å². The summed E-state index contributed by atoms with van der Waals surface area (Å²) in [5.74, 6) is 0.330. The van der Waals surface area contributed by atoms with Gasteiger partial charge in [-0.05, 0) is 56.0 Å². The van der Waals surface area contributed by atoms with E-state index in [9.17, 15) is 14.4 Å². The van der Waals surface area contributed by atoms with Gasteiger partial charge in [-0.3, -0.25) is 14.4 Å². The van der Waals surface area contributed by atoms with Gasteiger partial charge in [0.25, 0.3) is 0 Å². The molecule has 6 heteroatoms. The third-order valence-electron chi connectivity index (χ3n) is 5.53. The van der Waals surface area contributed by atoms with Crippen molar-refractivity contribution in [1.82, 2.24) is 9.88 Å². The number of hydrogen-bond donors (Lipinski definition) is 1. The highest BCUT2D eigenvalue weighted by molar-refractivity contribution is 5.98. The molecule has 0 bridgehead atoms. The van der Waals surface area contributed by atoms with E-state index in [4.69, 9.17) is 0 Å². The van der Waals surface area contributed by atoms with Gasteiger partial charge < -0.3 is 10.2 Å². The van der Waals surface area contributed by atoms with E-state index in [1.807, 2.05) is 38.1 Å². The molecule has 1 N–H and O–H groups in total. The first-order valence-electron chi connectivity index (χ1n) is 10.0. The van der Waals surface area contributed by atoms with Crippen LogP contribution < -0.4 is 5.32 Å². The fraction of sp³-hybridized carbons (Fsp3) is 0.391. The minimum absolute atomic E-state index is 0.00826. The minimum atomic E-state index is -0.127. The lowest BCUT2D eigenvalue weighted by Crippen LogP contribution is -2.41. The number of nitrogens with one attached hydrogen (secondary N) is 1. The predicted octanol–water partition coefficient (Wildman–Crippen LogP) is 3.54. The molecule has 0 unspecified atom stereocenters. The topological polar surface area (TPSA) is 79.4 Å². The van der Waals surface area contributed by atoms with Crippen LogP contribution in [-0.4, -0.2) is 40.6 Å². The fourth-order valence-electron chi connectivity index (χ4n) is 3.49. The van der Waals surface area contributed by atoms with Crippen molar-refractivity contribution in [3.8, 4) is 0 Å². The van der Waals surface area contributed by atoms with Gasteiger partial charge in [0.05, 0.1) is 0 Å². The first-order valence-corrected chi connectivity index (χ1v) is 10.0. The Morgan fingerprint density at radius 2 is 1.79 bits per heavy atom. The van der Waals surface area contributed by atoms with Gasteiger partial charge in [-0.2, -0.15) is 0 Å². The zero-order valence-corrected chi connectivity index (χ0v) is 17.0. The fourth-order valence-corrected chi connectivity index (χ4v) is 3.49. The number of pyridine rings is 1. The van der Waals surface area contributed by atoms with E-state index in [2.05, 4.69) is 10.3 Å². The van der Waals surface area contributed by atoms with Crippen molar-refractivity contribution in [2.75, 3.05) is 18.4 Å². The summed E-state index contributed by atoms with van der Waals surface area (Å²) in [6.45, 7) is 5.06. The minimum Gasteiger partial charge on any atom is -0.343 e. The lowest BCUT2D eigenvalue weighted by atomic mass is 9.95. The Kier molecular flexibility index (Phi) is 6.75. The molecule has 29 heavy (non-hydrogen) atoms. The third kappa shape index (κ3) is 5.50. The number of piperidine rings is 1. The average Bonchev–Trinajstić information content (AvgIpc) is 2.74. The van der Waals surface area contributed by atoms with E-state index >= 15 is 0 Å². The van der Waals surface area contributed by atoms with Gasteiger partial charge in [-0.1, -0.05) is 18.2 Å². The number of likely N-dealkylation sites (tertiary alicyclic amines) is 1. The number of nitrogens with zero attached hydrogens (tertiary/aromatic N) is 2. The van der Waals surface area contributed by atoms with E-state index < -0.39 is 0 Å². The molecule has 152 valence electrons. The van der Waals surface area contributed by atoms with E-state index in [1.165, 1.54) is 0 Å². The van der Waals surface area contributed by atoms with Crippen LogP contribution in [0.4, 0.5) is 5.82 Å². The molecule has 0 atom stereocenters. The van der Waals surface area contributed by atoms with Crippen LogP contribution in [-0.2, 0) is 9.59 Å². The van der Waals surface area contributed by atoms with Gasteiger partial charge >= 0.3 is 0 Å². The summed E-state index contributed by atoms with van der Waals surface area (Å²) in [4.78, 5) is 43.1.